The van der Waals surface area contributed by atoms with E-state index in [9.17, 15) is 9.59 Å². The molecule has 0 spiro atoms. The van der Waals surface area contributed by atoms with Gasteiger partial charge in [-0.15, -0.1) is 0 Å². The van der Waals surface area contributed by atoms with Crippen molar-refractivity contribution in [3.63, 3.8) is 0 Å². The molecule has 1 aliphatic rings. The van der Waals surface area contributed by atoms with Crippen molar-refractivity contribution in [3.05, 3.63) is 67.2 Å². The van der Waals surface area contributed by atoms with Gasteiger partial charge in [0.2, 0.25) is 0 Å². The Hall–Kier alpha value is -1.83. The largest absolute Gasteiger partial charge is 0.487 e. The predicted molar refractivity (Wildman–Crippen MR) is 102 cm³/mol. The van der Waals surface area contributed by atoms with E-state index in [0.717, 1.165) is 11.1 Å². The number of carbonyl (C=O) groups is 2. The van der Waals surface area contributed by atoms with Gasteiger partial charge in [-0.1, -0.05) is 23.7 Å². The number of benzene rings is 2. The van der Waals surface area contributed by atoms with Gasteiger partial charge in [0, 0.05) is 5.02 Å². The van der Waals surface area contributed by atoms with Gasteiger partial charge in [-0.05, 0) is 73.3 Å². The zero-order valence-corrected chi connectivity index (χ0v) is 16.5. The Kier molecular flexibility index (Phi) is 5.46. The lowest BCUT2D eigenvalue weighted by Gasteiger charge is -2.12. The Bertz CT molecular complexity index is 859. The van der Waals surface area contributed by atoms with E-state index in [1.54, 1.807) is 30.3 Å². The lowest BCUT2D eigenvalue weighted by atomic mass is 10.2. The first-order valence-electron chi connectivity index (χ1n) is 7.12. The van der Waals surface area contributed by atoms with Gasteiger partial charge < -0.3 is 10.1 Å². The third-order valence-corrected chi connectivity index (χ3v) is 4.78. The maximum atomic E-state index is 11.6. The summed E-state index contributed by atoms with van der Waals surface area (Å²) in [4.78, 5) is 22.7. The highest BCUT2D eigenvalue weighted by molar-refractivity contribution is 9.11. The Labute approximate surface area is 165 Å². The summed E-state index contributed by atoms with van der Waals surface area (Å²) >= 11 is 12.8. The molecule has 0 atom stereocenters. The van der Waals surface area contributed by atoms with Gasteiger partial charge >= 0.3 is 6.03 Å². The quantitative estimate of drug-likeness (QED) is 0.490. The molecule has 2 aromatic rings. The van der Waals surface area contributed by atoms with E-state index in [1.807, 2.05) is 12.1 Å². The number of urea groups is 1. The van der Waals surface area contributed by atoms with Gasteiger partial charge in [-0.2, -0.15) is 0 Å². The third-order valence-electron chi connectivity index (χ3n) is 3.35. The van der Waals surface area contributed by atoms with Crippen molar-refractivity contribution < 1.29 is 14.3 Å². The van der Waals surface area contributed by atoms with Crippen molar-refractivity contribution in [2.24, 2.45) is 0 Å². The van der Waals surface area contributed by atoms with Crippen LogP contribution in [0.5, 0.6) is 5.75 Å². The Morgan fingerprint density at radius 1 is 1.04 bits per heavy atom. The lowest BCUT2D eigenvalue weighted by Crippen LogP contribution is -2.22. The second-order valence-corrected chi connectivity index (χ2v) is 7.34. The van der Waals surface area contributed by atoms with Crippen molar-refractivity contribution in [1.29, 1.82) is 0 Å². The Morgan fingerprint density at radius 2 is 1.68 bits per heavy atom. The van der Waals surface area contributed by atoms with E-state index < -0.39 is 11.9 Å². The molecule has 3 amide bonds. The Balaban J connectivity index is 1.78. The highest BCUT2D eigenvalue weighted by atomic mass is 79.9. The van der Waals surface area contributed by atoms with Gasteiger partial charge in [0.15, 0.2) is 0 Å². The van der Waals surface area contributed by atoms with Gasteiger partial charge in [0.05, 0.1) is 8.95 Å². The van der Waals surface area contributed by atoms with Crippen LogP contribution in [0.15, 0.2) is 51.0 Å². The predicted octanol–water partition coefficient (Wildman–Crippen LogP) is 4.62. The van der Waals surface area contributed by atoms with Crippen LogP contribution in [0, 0.1) is 0 Å². The summed E-state index contributed by atoms with van der Waals surface area (Å²) in [5.41, 5.74) is 1.91. The first kappa shape index (κ1) is 18.0. The number of rotatable bonds is 4. The highest BCUT2D eigenvalue weighted by Crippen LogP contribution is 2.36. The summed E-state index contributed by atoms with van der Waals surface area (Å²) in [6, 6.07) is 10.5. The van der Waals surface area contributed by atoms with Gasteiger partial charge in [-0.3, -0.25) is 10.1 Å². The van der Waals surface area contributed by atoms with E-state index in [-0.39, 0.29) is 5.70 Å². The average Bonchev–Trinajstić information content (AvgIpc) is 2.86. The first-order chi connectivity index (χ1) is 11.9. The number of imide groups is 1. The normalized spacial score (nSPS) is 15.2. The van der Waals surface area contributed by atoms with Crippen LogP contribution < -0.4 is 15.4 Å². The molecule has 8 heteroatoms. The molecule has 0 bridgehead atoms. The molecule has 1 heterocycles. The maximum Gasteiger partial charge on any atom is 0.326 e. The topological polar surface area (TPSA) is 67.4 Å². The van der Waals surface area contributed by atoms with E-state index in [4.69, 9.17) is 16.3 Å². The van der Waals surface area contributed by atoms with Crippen molar-refractivity contribution >= 4 is 61.5 Å². The summed E-state index contributed by atoms with van der Waals surface area (Å²) in [6.07, 6.45) is 1.58. The first-order valence-corrected chi connectivity index (χ1v) is 9.09. The fraction of sp³-hybridized carbons (Fsp3) is 0.0588. The number of carbonyl (C=O) groups excluding carboxylic acids is 2. The molecule has 1 aliphatic heterocycles. The van der Waals surface area contributed by atoms with Crippen LogP contribution >= 0.6 is 43.5 Å². The van der Waals surface area contributed by atoms with Crippen molar-refractivity contribution in [1.82, 2.24) is 10.6 Å². The molecule has 1 fully saturated rings. The summed E-state index contributed by atoms with van der Waals surface area (Å²) in [5, 5.41) is 5.27. The molecular weight excluding hydrogens is 475 g/mol. The summed E-state index contributed by atoms with van der Waals surface area (Å²) in [5.74, 6) is 0.178. The second kappa shape index (κ2) is 7.59. The molecule has 3 rings (SSSR count). The second-order valence-electron chi connectivity index (χ2n) is 5.20. The molecule has 0 aliphatic carbocycles. The number of nitrogens with one attached hydrogen (secondary N) is 2. The minimum absolute atomic E-state index is 0.193. The molecule has 25 heavy (non-hydrogen) atoms. The third kappa shape index (κ3) is 4.42. The monoisotopic (exact) mass is 484 g/mol. The fourth-order valence-corrected chi connectivity index (χ4v) is 3.76. The van der Waals surface area contributed by atoms with E-state index >= 15 is 0 Å². The zero-order chi connectivity index (χ0) is 18.0. The van der Waals surface area contributed by atoms with Crippen LogP contribution in [0.3, 0.4) is 0 Å². The minimum Gasteiger partial charge on any atom is -0.487 e. The van der Waals surface area contributed by atoms with E-state index in [0.29, 0.717) is 26.3 Å². The van der Waals surface area contributed by atoms with Crippen molar-refractivity contribution in [2.75, 3.05) is 0 Å². The maximum absolute atomic E-state index is 11.6. The van der Waals surface area contributed by atoms with Crippen LogP contribution in [0.1, 0.15) is 11.1 Å². The van der Waals surface area contributed by atoms with Crippen LogP contribution in [0.4, 0.5) is 4.79 Å². The standard InChI is InChI=1S/C17H11Br2ClN2O3/c18-12-5-10(7-14-16(23)22-17(24)21-14)6-13(19)15(12)25-8-9-1-3-11(20)4-2-9/h1-7H,8H2,(H2,21,22,23,24). The number of hydrogen-bond donors (Lipinski definition) is 2. The Morgan fingerprint density at radius 3 is 2.24 bits per heavy atom. The summed E-state index contributed by atoms with van der Waals surface area (Å²) in [6.45, 7) is 0.382. The van der Waals surface area contributed by atoms with Gasteiger partial charge in [-0.25, -0.2) is 4.79 Å². The number of halogens is 3. The molecule has 0 aromatic heterocycles. The molecule has 0 unspecified atom stereocenters. The van der Waals surface area contributed by atoms with E-state index in [1.165, 1.54) is 0 Å². The van der Waals surface area contributed by atoms with Crippen LogP contribution in [-0.2, 0) is 11.4 Å². The average molecular weight is 487 g/mol. The summed E-state index contributed by atoms with van der Waals surface area (Å²) in [7, 11) is 0. The number of amides is 3. The molecule has 2 aromatic carbocycles. The molecular formula is C17H11Br2ClN2O3. The molecule has 0 radical (unpaired) electrons. The van der Waals surface area contributed by atoms with Gasteiger partial charge in [0.1, 0.15) is 18.1 Å². The van der Waals surface area contributed by atoms with Crippen molar-refractivity contribution in [2.45, 2.75) is 6.61 Å². The zero-order valence-electron chi connectivity index (χ0n) is 12.6. The minimum atomic E-state index is -0.530. The van der Waals surface area contributed by atoms with Gasteiger partial charge in [0.25, 0.3) is 5.91 Å². The van der Waals surface area contributed by atoms with Crippen LogP contribution in [0.2, 0.25) is 5.02 Å². The van der Waals surface area contributed by atoms with Crippen LogP contribution in [0.25, 0.3) is 6.08 Å². The fourth-order valence-electron chi connectivity index (χ4n) is 2.19. The molecule has 1 saturated heterocycles. The smallest absolute Gasteiger partial charge is 0.326 e. The summed E-state index contributed by atoms with van der Waals surface area (Å²) < 4.78 is 7.28. The molecule has 5 nitrogen and oxygen atoms in total. The molecule has 2 N–H and O–H groups in total. The number of ether oxygens (including phenoxy) is 1. The highest BCUT2D eigenvalue weighted by Gasteiger charge is 2.23. The molecule has 128 valence electrons. The van der Waals surface area contributed by atoms with E-state index in [2.05, 4.69) is 42.5 Å². The molecule has 0 saturated carbocycles. The lowest BCUT2D eigenvalue weighted by molar-refractivity contribution is -0.115. The SMILES string of the molecule is O=C1NC(=O)C(=Cc2cc(Br)c(OCc3ccc(Cl)cc3)c(Br)c2)N1. The van der Waals surface area contributed by atoms with Crippen LogP contribution in [-0.4, -0.2) is 11.9 Å². The number of hydrogen-bond acceptors (Lipinski definition) is 3. The van der Waals surface area contributed by atoms with Crippen molar-refractivity contribution in [3.8, 4) is 5.75 Å².